The van der Waals surface area contributed by atoms with E-state index < -0.39 is 0 Å². The second-order valence-corrected chi connectivity index (χ2v) is 6.16. The van der Waals surface area contributed by atoms with Crippen LogP contribution in [0.15, 0.2) is 0 Å². The van der Waals surface area contributed by atoms with E-state index in [-0.39, 0.29) is 11.9 Å². The minimum absolute atomic E-state index is 0.0831. The van der Waals surface area contributed by atoms with E-state index in [0.29, 0.717) is 6.61 Å². The molecule has 0 aromatic carbocycles. The second kappa shape index (κ2) is 10.2. The zero-order chi connectivity index (χ0) is 13.9. The Labute approximate surface area is 118 Å². The molecule has 3 nitrogen and oxygen atoms in total. The van der Waals surface area contributed by atoms with Crippen LogP contribution in [-0.4, -0.2) is 12.6 Å². The van der Waals surface area contributed by atoms with Gasteiger partial charge in [-0.05, 0) is 25.2 Å². The van der Waals surface area contributed by atoms with Gasteiger partial charge in [0.15, 0.2) is 0 Å². The molecule has 0 unspecified atom stereocenters. The van der Waals surface area contributed by atoms with Crippen molar-refractivity contribution in [2.24, 2.45) is 11.8 Å². The summed E-state index contributed by atoms with van der Waals surface area (Å²) in [5.74, 6) is 0.729. The first kappa shape index (κ1) is 16.5. The first-order valence-corrected chi connectivity index (χ1v) is 8.03. The van der Waals surface area contributed by atoms with Crippen LogP contribution in [0.5, 0.6) is 0 Å². The molecular weight excluding hydrogens is 240 g/mol. The van der Waals surface area contributed by atoms with E-state index in [2.05, 4.69) is 13.8 Å². The zero-order valence-electron chi connectivity index (χ0n) is 12.7. The van der Waals surface area contributed by atoms with E-state index in [0.717, 1.165) is 44.4 Å². The molecule has 1 aliphatic carbocycles. The molecule has 0 N–H and O–H groups in total. The van der Waals surface area contributed by atoms with Gasteiger partial charge in [0.25, 0.3) is 0 Å². The van der Waals surface area contributed by atoms with Gasteiger partial charge in [0.05, 0.1) is 12.5 Å². The van der Waals surface area contributed by atoms with E-state index in [9.17, 15) is 4.79 Å². The molecule has 1 aliphatic rings. The molecule has 19 heavy (non-hydrogen) atoms. The number of hydrogen-bond acceptors (Lipinski definition) is 3. The van der Waals surface area contributed by atoms with Gasteiger partial charge in [0.1, 0.15) is 0 Å². The molecular formula is C16H30O3. The zero-order valence-corrected chi connectivity index (χ0v) is 12.7. The maximum absolute atomic E-state index is 11.7. The molecule has 1 rings (SSSR count). The summed E-state index contributed by atoms with van der Waals surface area (Å²) in [6, 6.07) is 0. The first-order chi connectivity index (χ1) is 9.20. The minimum atomic E-state index is -0.153. The lowest BCUT2D eigenvalue weighted by Crippen LogP contribution is -2.20. The first-order valence-electron chi connectivity index (χ1n) is 8.03. The molecule has 0 saturated heterocycles. The number of carbonyl (C=O) groups excluding carboxylic acids is 1. The number of carbonyl (C=O) groups is 1. The molecule has 0 bridgehead atoms. The fraction of sp³-hybridized carbons (Fsp3) is 0.938. The number of hydrogen-bond donors (Lipinski definition) is 0. The Morgan fingerprint density at radius 2 is 1.74 bits per heavy atom. The van der Waals surface area contributed by atoms with Crippen molar-refractivity contribution in [1.29, 1.82) is 0 Å². The maximum Gasteiger partial charge on any atom is 0.345 e. The van der Waals surface area contributed by atoms with Crippen LogP contribution in [0.4, 0.5) is 0 Å². The summed E-state index contributed by atoms with van der Waals surface area (Å²) in [6.07, 6.45) is 11.5. The average Bonchev–Trinajstić information content (AvgIpc) is 2.42. The summed E-state index contributed by atoms with van der Waals surface area (Å²) >= 11 is 0. The fourth-order valence-corrected chi connectivity index (χ4v) is 2.57. The standard InChI is InChI=1S/C16H30O3/c1-14(2)10-6-3-4-9-13-18-19-16(17)15-11-7-5-8-12-15/h14-15H,3-13H2,1-2H3. The predicted octanol–water partition coefficient (Wildman–Crippen LogP) is 4.65. The Morgan fingerprint density at radius 1 is 1.05 bits per heavy atom. The highest BCUT2D eigenvalue weighted by atomic mass is 17.2. The van der Waals surface area contributed by atoms with Gasteiger partial charge in [0.2, 0.25) is 0 Å². The van der Waals surface area contributed by atoms with Gasteiger partial charge in [-0.25, -0.2) is 4.79 Å². The van der Waals surface area contributed by atoms with Gasteiger partial charge in [-0.15, -0.1) is 0 Å². The number of rotatable bonds is 9. The maximum atomic E-state index is 11.7. The molecule has 0 atom stereocenters. The van der Waals surface area contributed by atoms with Gasteiger partial charge < -0.3 is 0 Å². The van der Waals surface area contributed by atoms with Crippen LogP contribution < -0.4 is 0 Å². The molecule has 112 valence electrons. The largest absolute Gasteiger partial charge is 0.345 e. The fourth-order valence-electron chi connectivity index (χ4n) is 2.57. The third-order valence-electron chi connectivity index (χ3n) is 3.84. The molecule has 0 heterocycles. The lowest BCUT2D eigenvalue weighted by atomic mass is 9.89. The van der Waals surface area contributed by atoms with Crippen molar-refractivity contribution in [3.8, 4) is 0 Å². The van der Waals surface area contributed by atoms with Crippen LogP contribution >= 0.6 is 0 Å². The lowest BCUT2D eigenvalue weighted by molar-refractivity contribution is -0.277. The SMILES string of the molecule is CC(C)CCCCCCOOC(=O)C1CCCCC1. The van der Waals surface area contributed by atoms with E-state index in [1.807, 2.05) is 0 Å². The Morgan fingerprint density at radius 3 is 2.42 bits per heavy atom. The van der Waals surface area contributed by atoms with Gasteiger partial charge in [-0.3, -0.25) is 4.89 Å². The average molecular weight is 270 g/mol. The minimum Gasteiger partial charge on any atom is -0.298 e. The van der Waals surface area contributed by atoms with Crippen LogP contribution in [0.25, 0.3) is 0 Å². The van der Waals surface area contributed by atoms with Crippen molar-refractivity contribution >= 4 is 5.97 Å². The molecule has 0 radical (unpaired) electrons. The Kier molecular flexibility index (Phi) is 8.89. The van der Waals surface area contributed by atoms with Crippen LogP contribution in [-0.2, 0) is 14.6 Å². The van der Waals surface area contributed by atoms with Crippen LogP contribution in [0.1, 0.15) is 78.1 Å². The van der Waals surface area contributed by atoms with E-state index >= 15 is 0 Å². The molecule has 0 spiro atoms. The Balaban J connectivity index is 1.88. The van der Waals surface area contributed by atoms with E-state index in [1.54, 1.807) is 0 Å². The van der Waals surface area contributed by atoms with Crippen molar-refractivity contribution in [2.45, 2.75) is 78.1 Å². The third kappa shape index (κ3) is 8.25. The van der Waals surface area contributed by atoms with Crippen molar-refractivity contribution in [3.63, 3.8) is 0 Å². The molecule has 3 heteroatoms. The molecule has 0 aromatic heterocycles. The number of unbranched alkanes of at least 4 members (excludes halogenated alkanes) is 3. The monoisotopic (exact) mass is 270 g/mol. The van der Waals surface area contributed by atoms with Gasteiger partial charge >= 0.3 is 5.97 Å². The molecule has 0 aliphatic heterocycles. The van der Waals surface area contributed by atoms with Crippen molar-refractivity contribution < 1.29 is 14.6 Å². The highest BCUT2D eigenvalue weighted by Gasteiger charge is 2.23. The Hall–Kier alpha value is -0.570. The van der Waals surface area contributed by atoms with Crippen molar-refractivity contribution in [3.05, 3.63) is 0 Å². The predicted molar refractivity (Wildman–Crippen MR) is 76.5 cm³/mol. The van der Waals surface area contributed by atoms with Gasteiger partial charge in [0, 0.05) is 0 Å². The lowest BCUT2D eigenvalue weighted by Gasteiger charge is -2.18. The van der Waals surface area contributed by atoms with Gasteiger partial charge in [-0.2, -0.15) is 4.89 Å². The molecule has 0 aromatic rings. The van der Waals surface area contributed by atoms with Crippen LogP contribution in [0.3, 0.4) is 0 Å². The van der Waals surface area contributed by atoms with Crippen LogP contribution in [0, 0.1) is 11.8 Å². The quantitative estimate of drug-likeness (QED) is 0.347. The van der Waals surface area contributed by atoms with Gasteiger partial charge in [-0.1, -0.05) is 58.8 Å². The summed E-state index contributed by atoms with van der Waals surface area (Å²) in [5, 5.41) is 0. The highest BCUT2D eigenvalue weighted by molar-refractivity contribution is 5.71. The summed E-state index contributed by atoms with van der Waals surface area (Å²) in [5.41, 5.74) is 0. The molecule has 1 fully saturated rings. The molecule has 0 amide bonds. The summed E-state index contributed by atoms with van der Waals surface area (Å²) in [4.78, 5) is 21.6. The summed E-state index contributed by atoms with van der Waals surface area (Å²) in [6.45, 7) is 5.06. The van der Waals surface area contributed by atoms with Crippen molar-refractivity contribution in [1.82, 2.24) is 0 Å². The van der Waals surface area contributed by atoms with E-state index in [4.69, 9.17) is 9.78 Å². The highest BCUT2D eigenvalue weighted by Crippen LogP contribution is 2.24. The second-order valence-electron chi connectivity index (χ2n) is 6.16. The summed E-state index contributed by atoms with van der Waals surface area (Å²) < 4.78 is 0. The van der Waals surface area contributed by atoms with E-state index in [1.165, 1.54) is 25.7 Å². The summed E-state index contributed by atoms with van der Waals surface area (Å²) in [7, 11) is 0. The topological polar surface area (TPSA) is 35.5 Å². The normalized spacial score (nSPS) is 16.8. The Bertz CT molecular complexity index is 232. The smallest absolute Gasteiger partial charge is 0.298 e. The van der Waals surface area contributed by atoms with Crippen LogP contribution in [0.2, 0.25) is 0 Å². The van der Waals surface area contributed by atoms with Crippen molar-refractivity contribution in [2.75, 3.05) is 6.61 Å². The molecule has 1 saturated carbocycles. The third-order valence-corrected chi connectivity index (χ3v) is 3.84.